The van der Waals surface area contributed by atoms with Gasteiger partial charge in [0.15, 0.2) is 6.10 Å². The number of rotatable bonds is 7. The van der Waals surface area contributed by atoms with Crippen molar-refractivity contribution in [1.29, 1.82) is 0 Å². The number of hydrogen-bond donors (Lipinski definition) is 1. The molecule has 0 saturated heterocycles. The van der Waals surface area contributed by atoms with Gasteiger partial charge in [0.25, 0.3) is 5.91 Å². The van der Waals surface area contributed by atoms with E-state index in [1.807, 2.05) is 0 Å². The second kappa shape index (κ2) is 8.85. The average Bonchev–Trinajstić information content (AvgIpc) is 2.84. The fourth-order valence-electron chi connectivity index (χ4n) is 3.31. The summed E-state index contributed by atoms with van der Waals surface area (Å²) in [6, 6.07) is 2.50. The summed E-state index contributed by atoms with van der Waals surface area (Å²) in [5, 5.41) is 12.9. The Morgan fingerprint density at radius 3 is 2.71 bits per heavy atom. The monoisotopic (exact) mass is 398 g/mol. The third-order valence-electron chi connectivity index (χ3n) is 4.79. The normalized spacial score (nSPS) is 22.6. The molecular weight excluding hydrogens is 378 g/mol. The maximum Gasteiger partial charge on any atom is 0.307 e. The van der Waals surface area contributed by atoms with Gasteiger partial charge in [0.1, 0.15) is 17.4 Å². The van der Waals surface area contributed by atoms with Crippen LogP contribution in [0.5, 0.6) is 0 Å². The first kappa shape index (κ1) is 21.4. The first-order chi connectivity index (χ1) is 13.1. The van der Waals surface area contributed by atoms with E-state index in [9.17, 15) is 33.3 Å². The molecule has 8 nitrogen and oxygen atoms in total. The van der Waals surface area contributed by atoms with Gasteiger partial charge in [-0.1, -0.05) is 6.92 Å². The van der Waals surface area contributed by atoms with E-state index in [1.54, 1.807) is 6.92 Å². The molecule has 0 heterocycles. The molecule has 28 heavy (non-hydrogen) atoms. The van der Waals surface area contributed by atoms with Crippen LogP contribution in [0.2, 0.25) is 0 Å². The maximum absolute atomic E-state index is 13.6. The van der Waals surface area contributed by atoms with Gasteiger partial charge in [-0.2, -0.15) is 0 Å². The highest BCUT2D eigenvalue weighted by atomic mass is 19.1. The van der Waals surface area contributed by atoms with Gasteiger partial charge in [-0.05, 0) is 25.0 Å². The van der Waals surface area contributed by atoms with E-state index < -0.39 is 58.6 Å². The molecule has 10 heteroatoms. The van der Waals surface area contributed by atoms with Crippen LogP contribution < -0.4 is 5.32 Å². The number of carbonyl (C=O) groups is 3. The number of ether oxygens (including phenoxy) is 1. The van der Waals surface area contributed by atoms with E-state index in [1.165, 1.54) is 6.92 Å². The number of Topliss-reactive ketones (excluding diaryl/α,β-unsaturated/α-hetero) is 1. The van der Waals surface area contributed by atoms with Gasteiger partial charge < -0.3 is 10.1 Å². The first-order valence-electron chi connectivity index (χ1n) is 8.68. The summed E-state index contributed by atoms with van der Waals surface area (Å²) in [5.74, 6) is -5.28. The molecule has 1 aliphatic carbocycles. The Morgan fingerprint density at radius 2 is 2.07 bits per heavy atom. The second-order valence-corrected chi connectivity index (χ2v) is 6.88. The molecule has 4 atom stereocenters. The van der Waals surface area contributed by atoms with Crippen LogP contribution in [0.1, 0.15) is 26.7 Å². The summed E-state index contributed by atoms with van der Waals surface area (Å²) < 4.78 is 31.7. The lowest BCUT2D eigenvalue weighted by Crippen LogP contribution is -2.32. The standard InChI is InChI=1S/C18H20F2N2O6/c1-9-5-16(23)12(13(9)8-22(26)27)7-17(24)28-10(2)18(25)21-15-6-11(19)3-4-14(15)20/h3-4,6,9-10,12-13H,5,7-8H2,1-2H3,(H,21,25)/t9-,10+,12+,13-/m1/s1. The molecule has 0 aromatic heterocycles. The molecule has 1 aromatic carbocycles. The van der Waals surface area contributed by atoms with Crippen molar-refractivity contribution in [2.45, 2.75) is 32.8 Å². The lowest BCUT2D eigenvalue weighted by molar-refractivity contribution is -0.490. The van der Waals surface area contributed by atoms with Crippen LogP contribution in [0.3, 0.4) is 0 Å². The lowest BCUT2D eigenvalue weighted by Gasteiger charge is -2.18. The highest BCUT2D eigenvalue weighted by molar-refractivity contribution is 5.95. The van der Waals surface area contributed by atoms with Crippen LogP contribution in [-0.4, -0.2) is 35.2 Å². The van der Waals surface area contributed by atoms with Crippen molar-refractivity contribution in [1.82, 2.24) is 0 Å². The van der Waals surface area contributed by atoms with Crippen LogP contribution in [0, 0.1) is 39.5 Å². The summed E-state index contributed by atoms with van der Waals surface area (Å²) >= 11 is 0. The van der Waals surface area contributed by atoms with Crippen LogP contribution in [-0.2, 0) is 19.1 Å². The van der Waals surface area contributed by atoms with Gasteiger partial charge in [-0.3, -0.25) is 24.5 Å². The maximum atomic E-state index is 13.6. The molecule has 1 aliphatic rings. The fourth-order valence-corrected chi connectivity index (χ4v) is 3.31. The zero-order chi connectivity index (χ0) is 21.0. The van der Waals surface area contributed by atoms with E-state index in [2.05, 4.69) is 5.32 Å². The van der Waals surface area contributed by atoms with Gasteiger partial charge in [0.2, 0.25) is 6.54 Å². The van der Waals surface area contributed by atoms with E-state index in [4.69, 9.17) is 4.74 Å². The molecule has 0 unspecified atom stereocenters. The van der Waals surface area contributed by atoms with Crippen molar-refractivity contribution in [3.63, 3.8) is 0 Å². The fraction of sp³-hybridized carbons (Fsp3) is 0.500. The van der Waals surface area contributed by atoms with Crippen LogP contribution in [0.15, 0.2) is 18.2 Å². The summed E-state index contributed by atoms with van der Waals surface area (Å²) in [6.07, 6.45) is -1.57. The van der Waals surface area contributed by atoms with Crippen molar-refractivity contribution in [2.75, 3.05) is 11.9 Å². The van der Waals surface area contributed by atoms with E-state index >= 15 is 0 Å². The SMILES string of the molecule is C[C@H](OC(=O)C[C@@H]1C(=O)C[C@@H](C)[C@H]1C[N+](=O)[O-])C(=O)Nc1cc(F)ccc1F. The Balaban J connectivity index is 1.95. The van der Waals surface area contributed by atoms with Gasteiger partial charge >= 0.3 is 5.97 Å². The average molecular weight is 398 g/mol. The number of benzene rings is 1. The third-order valence-corrected chi connectivity index (χ3v) is 4.79. The third kappa shape index (κ3) is 5.30. The predicted octanol–water partition coefficient (Wildman–Crippen LogP) is 2.34. The Morgan fingerprint density at radius 1 is 1.39 bits per heavy atom. The number of anilines is 1. The van der Waals surface area contributed by atoms with E-state index in [-0.39, 0.29) is 24.5 Å². The van der Waals surface area contributed by atoms with Crippen LogP contribution in [0.4, 0.5) is 14.5 Å². The second-order valence-electron chi connectivity index (χ2n) is 6.88. The van der Waals surface area contributed by atoms with E-state index in [0.29, 0.717) is 0 Å². The molecule has 1 amide bonds. The zero-order valence-electron chi connectivity index (χ0n) is 15.3. The van der Waals surface area contributed by atoms with Crippen molar-refractivity contribution in [3.05, 3.63) is 39.9 Å². The van der Waals surface area contributed by atoms with Gasteiger partial charge in [-0.15, -0.1) is 0 Å². The van der Waals surface area contributed by atoms with Crippen molar-refractivity contribution < 1.29 is 32.8 Å². The lowest BCUT2D eigenvalue weighted by atomic mass is 9.88. The summed E-state index contributed by atoms with van der Waals surface area (Å²) in [4.78, 5) is 46.5. The molecular formula is C18H20F2N2O6. The van der Waals surface area contributed by atoms with Crippen molar-refractivity contribution in [2.24, 2.45) is 17.8 Å². The van der Waals surface area contributed by atoms with Crippen LogP contribution in [0.25, 0.3) is 0 Å². The highest BCUT2D eigenvalue weighted by Crippen LogP contribution is 2.36. The number of ketones is 1. The molecule has 0 aliphatic heterocycles. The predicted molar refractivity (Wildman–Crippen MR) is 92.8 cm³/mol. The van der Waals surface area contributed by atoms with Gasteiger partial charge in [0.05, 0.1) is 12.1 Å². The molecule has 1 saturated carbocycles. The number of nitrogens with one attached hydrogen (secondary N) is 1. The molecule has 0 bridgehead atoms. The van der Waals surface area contributed by atoms with Crippen molar-refractivity contribution >= 4 is 23.3 Å². The Hall–Kier alpha value is -2.91. The summed E-state index contributed by atoms with van der Waals surface area (Å²) in [7, 11) is 0. The zero-order valence-corrected chi connectivity index (χ0v) is 15.3. The molecule has 1 N–H and O–H groups in total. The number of halogens is 2. The number of nitro groups is 1. The molecule has 0 radical (unpaired) electrons. The van der Waals surface area contributed by atoms with Gasteiger partial charge in [-0.25, -0.2) is 8.78 Å². The number of amides is 1. The largest absolute Gasteiger partial charge is 0.453 e. The Kier molecular flexibility index (Phi) is 6.76. The quantitative estimate of drug-likeness (QED) is 0.428. The summed E-state index contributed by atoms with van der Waals surface area (Å²) in [5.41, 5.74) is -0.404. The van der Waals surface area contributed by atoms with Crippen molar-refractivity contribution in [3.8, 4) is 0 Å². The minimum atomic E-state index is -1.34. The molecule has 1 fully saturated rings. The highest BCUT2D eigenvalue weighted by Gasteiger charge is 2.44. The molecule has 152 valence electrons. The summed E-state index contributed by atoms with van der Waals surface area (Å²) in [6.45, 7) is 2.51. The Bertz CT molecular complexity index is 800. The molecule has 1 aromatic rings. The van der Waals surface area contributed by atoms with E-state index in [0.717, 1.165) is 18.2 Å². The Labute approximate surface area is 159 Å². The van der Waals surface area contributed by atoms with Crippen LogP contribution >= 0.6 is 0 Å². The number of hydrogen-bond acceptors (Lipinski definition) is 6. The number of esters is 1. The number of carbonyl (C=O) groups excluding carboxylic acids is 3. The minimum Gasteiger partial charge on any atom is -0.453 e. The molecule has 2 rings (SSSR count). The number of nitrogens with zero attached hydrogens (tertiary/aromatic N) is 1. The topological polar surface area (TPSA) is 116 Å². The van der Waals surface area contributed by atoms with Gasteiger partial charge in [0, 0.05) is 29.2 Å². The smallest absolute Gasteiger partial charge is 0.307 e. The molecule has 0 spiro atoms. The minimum absolute atomic E-state index is 0.144. The first-order valence-corrected chi connectivity index (χ1v) is 8.68.